The van der Waals surface area contributed by atoms with E-state index in [4.69, 9.17) is 18.9 Å². The normalized spacial score (nSPS) is 48.1. The minimum absolute atomic E-state index is 0.0119. The molecule has 0 aromatic carbocycles. The first-order valence-electron chi connectivity index (χ1n) is 13.4. The first-order chi connectivity index (χ1) is 17.1. The van der Waals surface area contributed by atoms with Gasteiger partial charge in [0.1, 0.15) is 17.8 Å². The molecule has 0 unspecified atom stereocenters. The largest absolute Gasteiger partial charge is 0.457 e. The summed E-state index contributed by atoms with van der Waals surface area (Å²) in [6.45, 7) is 8.01. The molecule has 7 nitrogen and oxygen atoms in total. The summed E-state index contributed by atoms with van der Waals surface area (Å²) in [4.78, 5) is 24.9. The molecule has 0 radical (unpaired) electrons. The number of carbonyl (C=O) groups is 2. The van der Waals surface area contributed by atoms with Crippen molar-refractivity contribution in [1.29, 1.82) is 0 Å². The zero-order valence-corrected chi connectivity index (χ0v) is 21.9. The molecule has 10 atom stereocenters. The van der Waals surface area contributed by atoms with Crippen LogP contribution in [0.15, 0.2) is 34.4 Å². The third kappa shape index (κ3) is 3.15. The van der Waals surface area contributed by atoms with E-state index in [9.17, 15) is 14.7 Å². The third-order valence-corrected chi connectivity index (χ3v) is 10.8. The van der Waals surface area contributed by atoms with Crippen molar-refractivity contribution in [3.63, 3.8) is 0 Å². The number of carbonyl (C=O) groups excluding carboxylic acids is 2. The van der Waals surface area contributed by atoms with Gasteiger partial charge in [0.2, 0.25) is 0 Å². The van der Waals surface area contributed by atoms with Gasteiger partial charge in [0.15, 0.2) is 6.29 Å². The van der Waals surface area contributed by atoms with E-state index in [1.807, 2.05) is 26.8 Å². The van der Waals surface area contributed by atoms with Gasteiger partial charge in [0.25, 0.3) is 0 Å². The molecule has 1 saturated heterocycles. The highest BCUT2D eigenvalue weighted by atomic mass is 16.7. The quantitative estimate of drug-likeness (QED) is 0.576. The zero-order valence-electron chi connectivity index (χ0n) is 21.9. The smallest absolute Gasteiger partial charge is 0.334 e. The van der Waals surface area contributed by atoms with Gasteiger partial charge in [-0.25, -0.2) is 4.79 Å². The number of ether oxygens (including phenoxy) is 4. The Balaban J connectivity index is 1.39. The van der Waals surface area contributed by atoms with Crippen LogP contribution < -0.4 is 0 Å². The van der Waals surface area contributed by atoms with Crippen LogP contribution in [0.1, 0.15) is 66.2 Å². The topological polar surface area (TPSA) is 91.3 Å². The molecule has 36 heavy (non-hydrogen) atoms. The summed E-state index contributed by atoms with van der Waals surface area (Å²) < 4.78 is 24.6. The highest BCUT2D eigenvalue weighted by molar-refractivity contribution is 5.89. The van der Waals surface area contributed by atoms with E-state index in [-0.39, 0.29) is 41.2 Å². The summed E-state index contributed by atoms with van der Waals surface area (Å²) in [5.74, 6) is -0.0572. The second-order valence-electron chi connectivity index (χ2n) is 12.1. The first kappa shape index (κ1) is 24.4. The predicted molar refractivity (Wildman–Crippen MR) is 130 cm³/mol. The highest BCUT2D eigenvalue weighted by Crippen LogP contribution is 2.71. The molecule has 0 bridgehead atoms. The molecular formula is C29H38O7. The second-order valence-corrected chi connectivity index (χ2v) is 12.1. The van der Waals surface area contributed by atoms with E-state index < -0.39 is 24.1 Å². The van der Waals surface area contributed by atoms with E-state index in [1.165, 1.54) is 5.57 Å². The SMILES string of the molecule is CO[C@@H]1O[C@@](C)([C@H]2CC(C)=C(C)C(=O)O2)[C@H]2C[C@H](O)[C@H]3[C@@H]4C[C@H]5OC(=O)CC=CC5=C(C)[C@H]4CC[C@@]132. The molecule has 0 aromatic rings. The fourth-order valence-corrected chi connectivity index (χ4v) is 9.00. The summed E-state index contributed by atoms with van der Waals surface area (Å²) in [5.41, 5.74) is 2.96. The molecule has 3 fully saturated rings. The molecule has 1 spiro atoms. The summed E-state index contributed by atoms with van der Waals surface area (Å²) in [6, 6.07) is 0. The number of allylic oxidation sites excluding steroid dienone is 1. The maximum Gasteiger partial charge on any atom is 0.334 e. The van der Waals surface area contributed by atoms with Gasteiger partial charge in [0.05, 0.1) is 12.5 Å². The monoisotopic (exact) mass is 498 g/mol. The minimum Gasteiger partial charge on any atom is -0.457 e. The summed E-state index contributed by atoms with van der Waals surface area (Å²) in [7, 11) is 1.68. The van der Waals surface area contributed by atoms with Gasteiger partial charge >= 0.3 is 11.9 Å². The lowest BCUT2D eigenvalue weighted by Gasteiger charge is -2.53. The second kappa shape index (κ2) is 8.27. The van der Waals surface area contributed by atoms with E-state index in [2.05, 4.69) is 13.0 Å². The Morgan fingerprint density at radius 1 is 1.14 bits per heavy atom. The zero-order chi connectivity index (χ0) is 25.6. The fourth-order valence-electron chi connectivity index (χ4n) is 9.00. The lowest BCUT2D eigenvalue weighted by Crippen LogP contribution is -2.54. The Kier molecular flexibility index (Phi) is 5.60. The number of esters is 2. The summed E-state index contributed by atoms with van der Waals surface area (Å²) >= 11 is 0. The van der Waals surface area contributed by atoms with E-state index in [0.29, 0.717) is 37.2 Å². The van der Waals surface area contributed by atoms with Crippen LogP contribution in [0.3, 0.4) is 0 Å². The van der Waals surface area contributed by atoms with Gasteiger partial charge in [-0.05, 0) is 76.7 Å². The Morgan fingerprint density at radius 3 is 2.64 bits per heavy atom. The summed E-state index contributed by atoms with van der Waals surface area (Å²) in [6.07, 6.45) is 6.32. The van der Waals surface area contributed by atoms with Crippen LogP contribution in [-0.2, 0) is 28.5 Å². The van der Waals surface area contributed by atoms with Crippen molar-refractivity contribution < 1.29 is 33.6 Å². The molecule has 3 aliphatic carbocycles. The van der Waals surface area contributed by atoms with Crippen LogP contribution in [0.5, 0.6) is 0 Å². The first-order valence-corrected chi connectivity index (χ1v) is 13.4. The molecule has 0 amide bonds. The molecule has 6 rings (SSSR count). The van der Waals surface area contributed by atoms with Crippen LogP contribution in [0.4, 0.5) is 0 Å². The van der Waals surface area contributed by atoms with Crippen LogP contribution in [0.25, 0.3) is 0 Å². The van der Waals surface area contributed by atoms with E-state index in [1.54, 1.807) is 7.11 Å². The van der Waals surface area contributed by atoms with Gasteiger partial charge in [0, 0.05) is 30.4 Å². The number of aliphatic hydroxyl groups is 1. The van der Waals surface area contributed by atoms with Crippen LogP contribution >= 0.6 is 0 Å². The maximum absolute atomic E-state index is 12.6. The number of aliphatic hydroxyl groups excluding tert-OH is 1. The molecular weight excluding hydrogens is 460 g/mol. The van der Waals surface area contributed by atoms with Crippen LogP contribution in [0.2, 0.25) is 0 Å². The average molecular weight is 499 g/mol. The molecule has 1 N–H and O–H groups in total. The lowest BCUT2D eigenvalue weighted by atomic mass is 9.52. The van der Waals surface area contributed by atoms with Crippen molar-refractivity contribution in [3.8, 4) is 0 Å². The van der Waals surface area contributed by atoms with Crippen molar-refractivity contribution in [2.75, 3.05) is 7.11 Å². The van der Waals surface area contributed by atoms with Crippen molar-refractivity contribution in [2.45, 2.75) is 96.4 Å². The van der Waals surface area contributed by atoms with Crippen molar-refractivity contribution >= 4 is 11.9 Å². The van der Waals surface area contributed by atoms with Gasteiger partial charge in [-0.15, -0.1) is 0 Å². The standard InChI is InChI=1S/C29H38O7/c1-14-11-23(35-26(32)15(14)2)28(4)22-13-20(30)25-19-12-21-18(7-6-8-24(31)34-21)16(3)17(19)9-10-29(22,25)27(33-5)36-28/h6-7,17,19-23,25,27,30H,8-13H2,1-5H3/t17-,19-,20+,21-,22-,23-,25-,27-,28-,29+/m1/s1. The number of rotatable bonds is 2. The van der Waals surface area contributed by atoms with E-state index >= 15 is 0 Å². The third-order valence-electron chi connectivity index (χ3n) is 10.8. The molecule has 0 aromatic heterocycles. The fraction of sp³-hybridized carbons (Fsp3) is 0.724. The van der Waals surface area contributed by atoms with Gasteiger partial charge in [-0.1, -0.05) is 23.3 Å². The number of cyclic esters (lactones) is 1. The molecule has 3 aliphatic heterocycles. The molecule has 3 heterocycles. The number of hydrogen-bond donors (Lipinski definition) is 1. The van der Waals surface area contributed by atoms with Crippen LogP contribution in [-0.4, -0.2) is 54.4 Å². The van der Waals surface area contributed by atoms with Crippen LogP contribution in [0, 0.1) is 29.1 Å². The molecule has 2 saturated carbocycles. The Labute approximate surface area is 212 Å². The minimum atomic E-state index is -0.761. The highest BCUT2D eigenvalue weighted by Gasteiger charge is 2.74. The average Bonchev–Trinajstić information content (AvgIpc) is 3.18. The van der Waals surface area contributed by atoms with Gasteiger partial charge in [-0.3, -0.25) is 4.79 Å². The van der Waals surface area contributed by atoms with Crippen molar-refractivity contribution in [3.05, 3.63) is 34.4 Å². The Bertz CT molecular complexity index is 1090. The number of hydrogen-bond acceptors (Lipinski definition) is 7. The van der Waals surface area contributed by atoms with Gasteiger partial charge in [-0.2, -0.15) is 0 Å². The Morgan fingerprint density at radius 2 is 1.92 bits per heavy atom. The Hall–Kier alpha value is -1.96. The molecule has 196 valence electrons. The molecule has 7 heteroatoms. The number of fused-ring (bicyclic) bond motifs is 3. The maximum atomic E-state index is 12.6. The van der Waals surface area contributed by atoms with Crippen molar-refractivity contribution in [1.82, 2.24) is 0 Å². The van der Waals surface area contributed by atoms with Gasteiger partial charge < -0.3 is 24.1 Å². The lowest BCUT2D eigenvalue weighted by molar-refractivity contribution is -0.231. The summed E-state index contributed by atoms with van der Waals surface area (Å²) in [5, 5.41) is 11.7. The predicted octanol–water partition coefficient (Wildman–Crippen LogP) is 4.00. The van der Waals surface area contributed by atoms with Crippen molar-refractivity contribution in [2.24, 2.45) is 29.1 Å². The molecule has 6 aliphatic rings. The number of methoxy groups -OCH3 is 1. The van der Waals surface area contributed by atoms with E-state index in [0.717, 1.165) is 24.0 Å².